The van der Waals surface area contributed by atoms with Crippen LogP contribution in [0.1, 0.15) is 0 Å². The number of phenolic OH excluding ortho intramolecular Hbond substituents is 1. The largest absolute Gasteiger partial charge is 0.505 e. The molecule has 18 heavy (non-hydrogen) atoms. The number of hydrogen-bond donors (Lipinski definition) is 2. The number of nitrogens with zero attached hydrogens (tertiary/aromatic N) is 1. The molecule has 0 amide bonds. The minimum absolute atomic E-state index is 0.305. The van der Waals surface area contributed by atoms with E-state index in [0.29, 0.717) is 35.8 Å². The summed E-state index contributed by atoms with van der Waals surface area (Å²) in [7, 11) is 0. The first-order valence-corrected chi connectivity index (χ1v) is 5.60. The van der Waals surface area contributed by atoms with Gasteiger partial charge in [-0.05, 0) is 12.1 Å². The molecule has 2 N–H and O–H groups in total. The van der Waals surface area contributed by atoms with Crippen LogP contribution in [0.2, 0.25) is 0 Å². The van der Waals surface area contributed by atoms with Crippen LogP contribution in [0, 0.1) is 5.82 Å². The molecule has 1 aromatic carbocycles. The molecule has 2 aromatic rings. The maximum atomic E-state index is 13.8. The molecule has 2 heterocycles. The van der Waals surface area contributed by atoms with E-state index in [2.05, 4.69) is 10.3 Å². The maximum absolute atomic E-state index is 13.8. The monoisotopic (exact) mass is 246 g/mol. The first kappa shape index (κ1) is 10.8. The van der Waals surface area contributed by atoms with Gasteiger partial charge in [-0.3, -0.25) is 0 Å². The van der Waals surface area contributed by atoms with Crippen LogP contribution in [0.25, 0.3) is 11.1 Å². The van der Waals surface area contributed by atoms with Gasteiger partial charge in [0.05, 0.1) is 6.54 Å². The predicted octanol–water partition coefficient (Wildman–Crippen LogP) is 2.40. The fourth-order valence-electron chi connectivity index (χ4n) is 1.91. The Kier molecular flexibility index (Phi) is 2.51. The van der Waals surface area contributed by atoms with E-state index in [-0.39, 0.29) is 5.75 Å². The van der Waals surface area contributed by atoms with E-state index < -0.39 is 5.82 Å². The van der Waals surface area contributed by atoms with Crippen LogP contribution in [0.5, 0.6) is 11.5 Å². The second kappa shape index (κ2) is 4.18. The lowest BCUT2D eigenvalue weighted by molar-refractivity contribution is 0.321. The highest BCUT2D eigenvalue weighted by molar-refractivity contribution is 5.69. The van der Waals surface area contributed by atoms with Gasteiger partial charge in [-0.1, -0.05) is 12.1 Å². The molecule has 1 aliphatic rings. The Balaban J connectivity index is 2.09. The Labute approximate surface area is 103 Å². The summed E-state index contributed by atoms with van der Waals surface area (Å²) < 4.78 is 19.2. The fraction of sp³-hybridized carbons (Fsp3) is 0.154. The summed E-state index contributed by atoms with van der Waals surface area (Å²) in [5.74, 6) is 0.235. The number of anilines is 1. The number of benzene rings is 1. The van der Waals surface area contributed by atoms with E-state index >= 15 is 0 Å². The number of halogens is 1. The highest BCUT2D eigenvalue weighted by Gasteiger charge is 2.15. The first-order chi connectivity index (χ1) is 8.75. The molecule has 0 saturated heterocycles. The van der Waals surface area contributed by atoms with E-state index in [1.165, 1.54) is 6.07 Å². The van der Waals surface area contributed by atoms with Gasteiger partial charge in [-0.15, -0.1) is 0 Å². The average Bonchev–Trinajstić information content (AvgIpc) is 2.41. The molecule has 0 atom stereocenters. The van der Waals surface area contributed by atoms with Crippen LogP contribution >= 0.6 is 0 Å². The molecule has 4 nitrogen and oxygen atoms in total. The van der Waals surface area contributed by atoms with Crippen LogP contribution in [-0.2, 0) is 0 Å². The van der Waals surface area contributed by atoms with Gasteiger partial charge in [0.25, 0.3) is 0 Å². The molecule has 0 aliphatic carbocycles. The smallest absolute Gasteiger partial charge is 0.172 e. The zero-order valence-corrected chi connectivity index (χ0v) is 9.48. The molecule has 5 heteroatoms. The average molecular weight is 246 g/mol. The summed E-state index contributed by atoms with van der Waals surface area (Å²) in [5.41, 5.74) is 0.880. The van der Waals surface area contributed by atoms with Crippen LogP contribution in [-0.4, -0.2) is 23.2 Å². The van der Waals surface area contributed by atoms with Crippen molar-refractivity contribution in [3.63, 3.8) is 0 Å². The number of ether oxygens (including phenoxy) is 1. The van der Waals surface area contributed by atoms with Crippen molar-refractivity contribution in [3.05, 3.63) is 36.3 Å². The van der Waals surface area contributed by atoms with Crippen molar-refractivity contribution in [2.24, 2.45) is 0 Å². The van der Waals surface area contributed by atoms with E-state index in [9.17, 15) is 9.50 Å². The first-order valence-electron chi connectivity index (χ1n) is 5.60. The van der Waals surface area contributed by atoms with Crippen molar-refractivity contribution < 1.29 is 14.2 Å². The summed E-state index contributed by atoms with van der Waals surface area (Å²) in [4.78, 5) is 4.18. The van der Waals surface area contributed by atoms with Gasteiger partial charge in [-0.25, -0.2) is 9.37 Å². The number of fused-ring (bicyclic) bond motifs is 1. The molecular weight excluding hydrogens is 235 g/mol. The lowest BCUT2D eigenvalue weighted by Crippen LogP contribution is -2.18. The van der Waals surface area contributed by atoms with E-state index in [4.69, 9.17) is 4.74 Å². The van der Waals surface area contributed by atoms with Crippen LogP contribution < -0.4 is 10.1 Å². The number of pyridine rings is 1. The molecular formula is C13H11FN2O2. The highest BCUT2D eigenvalue weighted by Crippen LogP contribution is 2.33. The fourth-order valence-corrected chi connectivity index (χ4v) is 1.91. The molecule has 0 unspecified atom stereocenters. The van der Waals surface area contributed by atoms with Gasteiger partial charge in [0.1, 0.15) is 6.61 Å². The molecule has 0 radical (unpaired) electrons. The van der Waals surface area contributed by atoms with Gasteiger partial charge in [0, 0.05) is 17.3 Å². The van der Waals surface area contributed by atoms with Crippen molar-refractivity contribution in [2.75, 3.05) is 18.5 Å². The number of aromatic hydroxyl groups is 1. The van der Waals surface area contributed by atoms with Gasteiger partial charge >= 0.3 is 0 Å². The Morgan fingerprint density at radius 2 is 2.28 bits per heavy atom. The summed E-state index contributed by atoms with van der Waals surface area (Å²) in [6, 6.07) is 6.20. The zero-order valence-electron chi connectivity index (χ0n) is 9.48. The molecule has 0 bridgehead atoms. The molecule has 1 aliphatic heterocycles. The van der Waals surface area contributed by atoms with Gasteiger partial charge in [0.15, 0.2) is 23.1 Å². The second-order valence-corrected chi connectivity index (χ2v) is 3.98. The zero-order chi connectivity index (χ0) is 12.5. The Bertz CT molecular complexity index is 602. The number of rotatable bonds is 1. The minimum atomic E-state index is -0.650. The van der Waals surface area contributed by atoms with Crippen LogP contribution in [0.4, 0.5) is 10.2 Å². The minimum Gasteiger partial charge on any atom is -0.505 e. The quantitative estimate of drug-likeness (QED) is 0.811. The number of phenols is 1. The Morgan fingerprint density at radius 3 is 3.17 bits per heavy atom. The number of nitrogens with one attached hydrogen (secondary N) is 1. The van der Waals surface area contributed by atoms with Gasteiger partial charge < -0.3 is 15.2 Å². The van der Waals surface area contributed by atoms with Crippen molar-refractivity contribution in [1.82, 2.24) is 4.98 Å². The molecule has 0 fully saturated rings. The number of aromatic nitrogens is 1. The van der Waals surface area contributed by atoms with Gasteiger partial charge in [-0.2, -0.15) is 0 Å². The standard InChI is InChI=1S/C13H11FN2O2/c14-12-9(2-1-3-10(12)17)8-6-11-13(16-7-8)15-4-5-18-11/h1-3,6-7,17H,4-5H2,(H,15,16). The number of hydrogen-bond acceptors (Lipinski definition) is 4. The summed E-state index contributed by atoms with van der Waals surface area (Å²) >= 11 is 0. The lowest BCUT2D eigenvalue weighted by Gasteiger charge is -2.18. The highest BCUT2D eigenvalue weighted by atomic mass is 19.1. The van der Waals surface area contributed by atoms with Gasteiger partial charge in [0.2, 0.25) is 0 Å². The van der Waals surface area contributed by atoms with E-state index in [0.717, 1.165) is 0 Å². The van der Waals surface area contributed by atoms with E-state index in [1.807, 2.05) is 0 Å². The molecule has 3 rings (SSSR count). The molecule has 0 spiro atoms. The second-order valence-electron chi connectivity index (χ2n) is 3.98. The van der Waals surface area contributed by atoms with Crippen LogP contribution in [0.3, 0.4) is 0 Å². The lowest BCUT2D eigenvalue weighted by atomic mass is 10.1. The van der Waals surface area contributed by atoms with Crippen molar-refractivity contribution in [1.29, 1.82) is 0 Å². The molecule has 0 saturated carbocycles. The third-order valence-corrected chi connectivity index (χ3v) is 2.79. The Hall–Kier alpha value is -2.30. The van der Waals surface area contributed by atoms with Crippen molar-refractivity contribution >= 4 is 5.82 Å². The third-order valence-electron chi connectivity index (χ3n) is 2.79. The normalized spacial score (nSPS) is 13.4. The van der Waals surface area contributed by atoms with Crippen molar-refractivity contribution in [3.8, 4) is 22.6 Å². The topological polar surface area (TPSA) is 54.4 Å². The van der Waals surface area contributed by atoms with Crippen molar-refractivity contribution in [2.45, 2.75) is 0 Å². The Morgan fingerprint density at radius 1 is 1.39 bits per heavy atom. The molecule has 92 valence electrons. The predicted molar refractivity (Wildman–Crippen MR) is 65.3 cm³/mol. The summed E-state index contributed by atoms with van der Waals surface area (Å²) in [5, 5.41) is 12.4. The van der Waals surface area contributed by atoms with E-state index in [1.54, 1.807) is 24.4 Å². The third kappa shape index (κ3) is 1.73. The molecule has 1 aromatic heterocycles. The summed E-state index contributed by atoms with van der Waals surface area (Å²) in [6.45, 7) is 1.26. The SMILES string of the molecule is Oc1cccc(-c2cnc3c(c2)OCCN3)c1F. The van der Waals surface area contributed by atoms with Crippen LogP contribution in [0.15, 0.2) is 30.5 Å². The summed E-state index contributed by atoms with van der Waals surface area (Å²) in [6.07, 6.45) is 1.55. The maximum Gasteiger partial charge on any atom is 0.172 e.